The van der Waals surface area contributed by atoms with Crippen molar-refractivity contribution in [3.8, 4) is 0 Å². The number of benzene rings is 2. The first-order chi connectivity index (χ1) is 10.4. The summed E-state index contributed by atoms with van der Waals surface area (Å²) in [6.45, 7) is 3.10. The molecule has 3 aromatic heterocycles. The van der Waals surface area contributed by atoms with Gasteiger partial charge in [0, 0.05) is 22.0 Å². The first-order valence-electron chi connectivity index (χ1n) is 7.19. The summed E-state index contributed by atoms with van der Waals surface area (Å²) >= 11 is 1.87. The lowest BCUT2D eigenvalue weighted by Gasteiger charge is -2.00. The molecule has 0 spiro atoms. The summed E-state index contributed by atoms with van der Waals surface area (Å²) in [5, 5.41) is 3.81. The molecule has 5 rings (SSSR count). The van der Waals surface area contributed by atoms with E-state index < -0.39 is 0 Å². The largest absolute Gasteiger partial charge is 0.439 e. The van der Waals surface area contributed by atoms with E-state index in [9.17, 15) is 0 Å². The van der Waals surface area contributed by atoms with Gasteiger partial charge in [0.1, 0.15) is 5.58 Å². The van der Waals surface area contributed by atoms with E-state index >= 15 is 0 Å². The number of hydrogen-bond donors (Lipinski definition) is 0. The number of aryl methyl sites for hydroxylation is 1. The van der Waals surface area contributed by atoms with Crippen molar-refractivity contribution in [2.45, 2.75) is 13.5 Å². The minimum absolute atomic E-state index is 0.917. The summed E-state index contributed by atoms with van der Waals surface area (Å²) in [6, 6.07) is 17.0. The molecule has 0 bridgehead atoms. The van der Waals surface area contributed by atoms with Crippen LogP contribution in [0.2, 0.25) is 0 Å². The van der Waals surface area contributed by atoms with Crippen molar-refractivity contribution in [3.63, 3.8) is 0 Å². The highest BCUT2D eigenvalue weighted by Gasteiger charge is 2.20. The molecule has 0 aliphatic heterocycles. The molecule has 0 saturated carbocycles. The van der Waals surface area contributed by atoms with E-state index in [1.54, 1.807) is 0 Å². The summed E-state index contributed by atoms with van der Waals surface area (Å²) in [4.78, 5) is 0. The Morgan fingerprint density at radius 1 is 1.00 bits per heavy atom. The van der Waals surface area contributed by atoms with E-state index in [2.05, 4.69) is 54.0 Å². The Hall–Kier alpha value is -2.26. The third kappa shape index (κ3) is 1.32. The Bertz CT molecular complexity index is 1130. The average Bonchev–Trinajstić information content (AvgIpc) is 3.14. The van der Waals surface area contributed by atoms with Gasteiger partial charge in [0.2, 0.25) is 5.71 Å². The molecular formula is C18H13NOS. The van der Waals surface area contributed by atoms with Gasteiger partial charge in [0.15, 0.2) is 0 Å². The third-order valence-electron chi connectivity index (χ3n) is 4.20. The molecule has 0 unspecified atom stereocenters. The maximum Gasteiger partial charge on any atom is 0.210 e. The van der Waals surface area contributed by atoms with Gasteiger partial charge < -0.3 is 8.98 Å². The van der Waals surface area contributed by atoms with Crippen molar-refractivity contribution in [3.05, 3.63) is 48.5 Å². The number of thiophene rings is 1. The van der Waals surface area contributed by atoms with Gasteiger partial charge in [-0.1, -0.05) is 36.4 Å². The summed E-state index contributed by atoms with van der Waals surface area (Å²) in [5.74, 6) is 0. The predicted octanol–water partition coefficient (Wildman–Crippen LogP) is 5.78. The first kappa shape index (κ1) is 11.4. The normalized spacial score (nSPS) is 12.2. The molecule has 0 fully saturated rings. The summed E-state index contributed by atoms with van der Waals surface area (Å²) in [6.07, 6.45) is 0. The van der Waals surface area contributed by atoms with E-state index in [-0.39, 0.29) is 0 Å². The third-order valence-corrected chi connectivity index (χ3v) is 5.38. The van der Waals surface area contributed by atoms with Gasteiger partial charge in [-0.2, -0.15) is 0 Å². The molecule has 0 N–H and O–H groups in total. The SMILES string of the molecule is CCn1c2oc3ccccc3c2c2sc3ccccc3c21. The molecule has 21 heavy (non-hydrogen) atoms. The van der Waals surface area contributed by atoms with Crippen LogP contribution in [-0.2, 0) is 6.54 Å². The zero-order chi connectivity index (χ0) is 14.0. The van der Waals surface area contributed by atoms with E-state index in [0.717, 1.165) is 17.8 Å². The molecule has 5 aromatic rings. The average molecular weight is 291 g/mol. The molecule has 102 valence electrons. The van der Waals surface area contributed by atoms with Crippen LogP contribution in [0.15, 0.2) is 52.9 Å². The fraction of sp³-hybridized carbons (Fsp3) is 0.111. The lowest BCUT2D eigenvalue weighted by atomic mass is 10.2. The van der Waals surface area contributed by atoms with Gasteiger partial charge in [0.05, 0.1) is 15.6 Å². The van der Waals surface area contributed by atoms with E-state index in [1.165, 1.54) is 31.1 Å². The van der Waals surface area contributed by atoms with Gasteiger partial charge in [-0.25, -0.2) is 0 Å². The van der Waals surface area contributed by atoms with Crippen LogP contribution in [0.1, 0.15) is 6.92 Å². The maximum atomic E-state index is 6.14. The monoisotopic (exact) mass is 291 g/mol. The van der Waals surface area contributed by atoms with E-state index in [4.69, 9.17) is 4.42 Å². The summed E-state index contributed by atoms with van der Waals surface area (Å²) < 4.78 is 11.1. The zero-order valence-electron chi connectivity index (χ0n) is 11.6. The van der Waals surface area contributed by atoms with Crippen LogP contribution in [0.25, 0.3) is 42.4 Å². The predicted molar refractivity (Wildman–Crippen MR) is 90.3 cm³/mol. The van der Waals surface area contributed by atoms with Gasteiger partial charge >= 0.3 is 0 Å². The molecule has 0 aliphatic carbocycles. The summed E-state index contributed by atoms with van der Waals surface area (Å²) in [7, 11) is 0. The fourth-order valence-corrected chi connectivity index (χ4v) is 4.57. The lowest BCUT2D eigenvalue weighted by molar-refractivity contribution is 0.618. The van der Waals surface area contributed by atoms with Gasteiger partial charge in [-0.3, -0.25) is 0 Å². The van der Waals surface area contributed by atoms with Crippen LogP contribution in [0.5, 0.6) is 0 Å². The second kappa shape index (κ2) is 3.89. The number of fused-ring (bicyclic) bond motifs is 7. The Morgan fingerprint density at radius 3 is 2.62 bits per heavy atom. The van der Waals surface area contributed by atoms with Crippen molar-refractivity contribution in [1.82, 2.24) is 4.57 Å². The van der Waals surface area contributed by atoms with Crippen molar-refractivity contribution in [1.29, 1.82) is 0 Å². The smallest absolute Gasteiger partial charge is 0.210 e. The number of aromatic nitrogens is 1. The molecule has 2 aromatic carbocycles. The first-order valence-corrected chi connectivity index (χ1v) is 8.01. The van der Waals surface area contributed by atoms with Gasteiger partial charge in [-0.15, -0.1) is 11.3 Å². The number of furan rings is 1. The minimum Gasteiger partial charge on any atom is -0.439 e. The fourth-order valence-electron chi connectivity index (χ4n) is 3.31. The number of nitrogens with zero attached hydrogens (tertiary/aromatic N) is 1. The van der Waals surface area contributed by atoms with Crippen LogP contribution in [-0.4, -0.2) is 4.57 Å². The van der Waals surface area contributed by atoms with Gasteiger partial charge in [0.25, 0.3) is 0 Å². The van der Waals surface area contributed by atoms with Crippen molar-refractivity contribution >= 4 is 53.7 Å². The maximum absolute atomic E-state index is 6.14. The van der Waals surface area contributed by atoms with Crippen molar-refractivity contribution in [2.24, 2.45) is 0 Å². The molecule has 0 aliphatic rings. The molecule has 3 heterocycles. The highest BCUT2D eigenvalue weighted by molar-refractivity contribution is 7.26. The highest BCUT2D eigenvalue weighted by Crippen LogP contribution is 2.44. The molecule has 0 amide bonds. The molecule has 0 atom stereocenters. The molecule has 2 nitrogen and oxygen atoms in total. The van der Waals surface area contributed by atoms with Crippen LogP contribution >= 0.6 is 11.3 Å². The standard InChI is InChI=1S/C18H13NOS/c1-2-19-16-12-8-4-6-10-14(12)21-17(16)15-11-7-3-5-9-13(11)20-18(15)19/h3-10H,2H2,1H3. The van der Waals surface area contributed by atoms with Gasteiger partial charge in [-0.05, 0) is 19.1 Å². The Kier molecular flexibility index (Phi) is 2.11. The molecule has 0 saturated heterocycles. The van der Waals surface area contributed by atoms with Crippen LogP contribution in [0, 0.1) is 0 Å². The Morgan fingerprint density at radius 2 is 1.76 bits per heavy atom. The lowest BCUT2D eigenvalue weighted by Crippen LogP contribution is -1.91. The van der Waals surface area contributed by atoms with Crippen LogP contribution in [0.4, 0.5) is 0 Å². The van der Waals surface area contributed by atoms with E-state index in [0.29, 0.717) is 0 Å². The van der Waals surface area contributed by atoms with Crippen molar-refractivity contribution < 1.29 is 4.42 Å². The summed E-state index contributed by atoms with van der Waals surface area (Å²) in [5.41, 5.74) is 3.30. The highest BCUT2D eigenvalue weighted by atomic mass is 32.1. The number of hydrogen-bond acceptors (Lipinski definition) is 2. The van der Waals surface area contributed by atoms with Crippen molar-refractivity contribution in [2.75, 3.05) is 0 Å². The Labute approximate surface area is 125 Å². The topological polar surface area (TPSA) is 18.1 Å². The second-order valence-electron chi connectivity index (χ2n) is 5.30. The van der Waals surface area contributed by atoms with E-state index in [1.807, 2.05) is 17.4 Å². The van der Waals surface area contributed by atoms with Crippen LogP contribution < -0.4 is 0 Å². The number of rotatable bonds is 1. The second-order valence-corrected chi connectivity index (χ2v) is 6.35. The molecule has 0 radical (unpaired) electrons. The zero-order valence-corrected chi connectivity index (χ0v) is 12.4. The quantitative estimate of drug-likeness (QED) is 0.383. The minimum atomic E-state index is 0.917. The Balaban J connectivity index is 2.15. The van der Waals surface area contributed by atoms with Crippen LogP contribution in [0.3, 0.4) is 0 Å². The molecular weight excluding hydrogens is 278 g/mol. The molecule has 3 heteroatoms. The number of para-hydroxylation sites is 1.